The maximum atomic E-state index is 13.6. The Labute approximate surface area is 155 Å². The van der Waals surface area contributed by atoms with E-state index in [0.717, 1.165) is 24.2 Å². The van der Waals surface area contributed by atoms with Crippen LogP contribution in [0.4, 0.5) is 10.1 Å². The predicted molar refractivity (Wildman–Crippen MR) is 100 cm³/mol. The second kappa shape index (κ2) is 6.92. The van der Waals surface area contributed by atoms with Crippen LogP contribution in [0.3, 0.4) is 0 Å². The predicted octanol–water partition coefficient (Wildman–Crippen LogP) is 2.79. The van der Waals surface area contributed by atoms with Crippen LogP contribution in [0.25, 0.3) is 10.9 Å². The summed E-state index contributed by atoms with van der Waals surface area (Å²) < 4.78 is 13.6. The number of carboxylic acids is 1. The fourth-order valence-corrected chi connectivity index (χ4v) is 3.86. The van der Waals surface area contributed by atoms with Crippen LogP contribution in [0.15, 0.2) is 48.9 Å². The molecule has 0 unspecified atom stereocenters. The SMILES string of the molecule is N[C@H]1CN(c2ccc(C(=O)O)c3ncncc23)CC[C@@H]1c1cccc(F)c1. The number of nitrogens with zero attached hydrogens (tertiary/aromatic N) is 3. The van der Waals surface area contributed by atoms with Gasteiger partial charge < -0.3 is 15.7 Å². The molecule has 1 fully saturated rings. The minimum Gasteiger partial charge on any atom is -0.478 e. The first kappa shape index (κ1) is 17.4. The summed E-state index contributed by atoms with van der Waals surface area (Å²) in [5.41, 5.74) is 8.76. The average molecular weight is 366 g/mol. The molecule has 7 heteroatoms. The third-order valence-electron chi connectivity index (χ3n) is 5.16. The molecule has 0 aliphatic carbocycles. The van der Waals surface area contributed by atoms with Gasteiger partial charge in [0, 0.05) is 42.3 Å². The van der Waals surface area contributed by atoms with Gasteiger partial charge in [-0.3, -0.25) is 0 Å². The van der Waals surface area contributed by atoms with E-state index in [1.54, 1.807) is 30.5 Å². The van der Waals surface area contributed by atoms with Crippen molar-refractivity contribution in [1.82, 2.24) is 9.97 Å². The second-order valence-corrected chi connectivity index (χ2v) is 6.78. The minimum atomic E-state index is -1.02. The number of hydrogen-bond donors (Lipinski definition) is 2. The number of anilines is 1. The summed E-state index contributed by atoms with van der Waals surface area (Å²) in [5.74, 6) is -1.20. The number of benzene rings is 2. The molecule has 3 aromatic rings. The Balaban J connectivity index is 1.65. The number of aromatic carboxylic acids is 1. The molecule has 0 bridgehead atoms. The van der Waals surface area contributed by atoms with Crippen molar-refractivity contribution in [1.29, 1.82) is 0 Å². The molecule has 2 atom stereocenters. The number of piperidine rings is 1. The molecule has 1 aliphatic heterocycles. The van der Waals surface area contributed by atoms with Crippen LogP contribution in [-0.4, -0.2) is 40.2 Å². The Morgan fingerprint density at radius 3 is 2.89 bits per heavy atom. The van der Waals surface area contributed by atoms with Crippen molar-refractivity contribution in [2.75, 3.05) is 18.0 Å². The van der Waals surface area contributed by atoms with Gasteiger partial charge in [0.2, 0.25) is 0 Å². The van der Waals surface area contributed by atoms with Gasteiger partial charge in [-0.25, -0.2) is 19.2 Å². The zero-order valence-electron chi connectivity index (χ0n) is 14.5. The summed E-state index contributed by atoms with van der Waals surface area (Å²) >= 11 is 0. The topological polar surface area (TPSA) is 92.3 Å². The molecule has 3 N–H and O–H groups in total. The van der Waals surface area contributed by atoms with Crippen molar-refractivity contribution in [2.24, 2.45) is 5.73 Å². The van der Waals surface area contributed by atoms with Gasteiger partial charge in [-0.1, -0.05) is 12.1 Å². The Bertz CT molecular complexity index is 1010. The van der Waals surface area contributed by atoms with E-state index >= 15 is 0 Å². The standard InChI is InChI=1S/C20H19FN4O2/c21-13-3-1-2-12(8-13)14-6-7-25(10-17(14)22)18-5-4-15(20(26)27)19-16(18)9-23-11-24-19/h1-5,8-9,11,14,17H,6-7,10,22H2,(H,26,27)/t14-,17+/m1/s1. The highest BCUT2D eigenvalue weighted by Gasteiger charge is 2.29. The summed E-state index contributed by atoms with van der Waals surface area (Å²) in [6.07, 6.45) is 3.76. The van der Waals surface area contributed by atoms with E-state index < -0.39 is 5.97 Å². The van der Waals surface area contributed by atoms with Gasteiger partial charge in [-0.05, 0) is 36.2 Å². The number of hydrogen-bond acceptors (Lipinski definition) is 5. The summed E-state index contributed by atoms with van der Waals surface area (Å²) in [7, 11) is 0. The lowest BCUT2D eigenvalue weighted by Gasteiger charge is -2.38. The lowest BCUT2D eigenvalue weighted by Crippen LogP contribution is -2.47. The molecule has 2 aromatic carbocycles. The number of aromatic nitrogens is 2. The molecule has 0 amide bonds. The Hall–Kier alpha value is -3.06. The molecular weight excluding hydrogens is 347 g/mol. The first-order valence-electron chi connectivity index (χ1n) is 8.76. The van der Waals surface area contributed by atoms with Gasteiger partial charge in [0.25, 0.3) is 0 Å². The molecule has 6 nitrogen and oxygen atoms in total. The molecule has 27 heavy (non-hydrogen) atoms. The number of carboxylic acid groups (broad SMARTS) is 1. The van der Waals surface area contributed by atoms with E-state index in [1.165, 1.54) is 12.4 Å². The summed E-state index contributed by atoms with van der Waals surface area (Å²) in [4.78, 5) is 21.8. The average Bonchev–Trinajstić information content (AvgIpc) is 2.67. The lowest BCUT2D eigenvalue weighted by molar-refractivity contribution is 0.0699. The van der Waals surface area contributed by atoms with Crippen LogP contribution in [0.1, 0.15) is 28.3 Å². The van der Waals surface area contributed by atoms with E-state index in [1.807, 2.05) is 6.07 Å². The molecule has 4 rings (SSSR count). The highest BCUT2D eigenvalue weighted by Crippen LogP contribution is 2.34. The number of nitrogens with two attached hydrogens (primary N) is 1. The zero-order chi connectivity index (χ0) is 19.0. The third-order valence-corrected chi connectivity index (χ3v) is 5.16. The number of rotatable bonds is 3. The van der Waals surface area contributed by atoms with Crippen molar-refractivity contribution < 1.29 is 14.3 Å². The highest BCUT2D eigenvalue weighted by atomic mass is 19.1. The van der Waals surface area contributed by atoms with E-state index in [9.17, 15) is 14.3 Å². The van der Waals surface area contributed by atoms with Crippen LogP contribution in [0.5, 0.6) is 0 Å². The first-order valence-corrected chi connectivity index (χ1v) is 8.76. The lowest BCUT2D eigenvalue weighted by atomic mass is 9.85. The molecule has 1 saturated heterocycles. The molecule has 1 aliphatic rings. The number of carbonyl (C=O) groups is 1. The van der Waals surface area contributed by atoms with Gasteiger partial charge in [0.1, 0.15) is 12.1 Å². The number of halogens is 1. The minimum absolute atomic E-state index is 0.0813. The van der Waals surface area contributed by atoms with Crippen molar-refractivity contribution in [3.8, 4) is 0 Å². The fraction of sp³-hybridized carbons (Fsp3) is 0.250. The third kappa shape index (κ3) is 3.21. The zero-order valence-corrected chi connectivity index (χ0v) is 14.5. The molecule has 1 aromatic heterocycles. The quantitative estimate of drug-likeness (QED) is 0.740. The van der Waals surface area contributed by atoms with Gasteiger partial charge in [0.05, 0.1) is 11.1 Å². The normalized spacial score (nSPS) is 20.0. The number of fused-ring (bicyclic) bond motifs is 1. The van der Waals surface area contributed by atoms with Crippen LogP contribution >= 0.6 is 0 Å². The van der Waals surface area contributed by atoms with Crippen molar-refractivity contribution >= 4 is 22.6 Å². The molecule has 0 saturated carbocycles. The highest BCUT2D eigenvalue weighted by molar-refractivity contribution is 6.05. The van der Waals surface area contributed by atoms with Crippen LogP contribution < -0.4 is 10.6 Å². The van der Waals surface area contributed by atoms with E-state index in [4.69, 9.17) is 5.73 Å². The Morgan fingerprint density at radius 2 is 2.15 bits per heavy atom. The Morgan fingerprint density at radius 1 is 1.30 bits per heavy atom. The van der Waals surface area contributed by atoms with Crippen molar-refractivity contribution in [2.45, 2.75) is 18.4 Å². The van der Waals surface area contributed by atoms with E-state index in [0.29, 0.717) is 17.4 Å². The smallest absolute Gasteiger partial charge is 0.337 e. The molecule has 0 spiro atoms. The molecule has 0 radical (unpaired) electrons. The summed E-state index contributed by atoms with van der Waals surface area (Å²) in [5, 5.41) is 10.1. The monoisotopic (exact) mass is 366 g/mol. The first-order chi connectivity index (χ1) is 13.0. The summed E-state index contributed by atoms with van der Waals surface area (Å²) in [6.45, 7) is 1.31. The van der Waals surface area contributed by atoms with Crippen molar-refractivity contribution in [3.63, 3.8) is 0 Å². The maximum Gasteiger partial charge on any atom is 0.337 e. The largest absolute Gasteiger partial charge is 0.478 e. The fourth-order valence-electron chi connectivity index (χ4n) is 3.86. The van der Waals surface area contributed by atoms with Crippen molar-refractivity contribution in [3.05, 3.63) is 65.9 Å². The van der Waals surface area contributed by atoms with Gasteiger partial charge >= 0.3 is 5.97 Å². The molecule has 2 heterocycles. The van der Waals surface area contributed by atoms with E-state index in [2.05, 4.69) is 14.9 Å². The molecular formula is C20H19FN4O2. The van der Waals surface area contributed by atoms with Crippen LogP contribution in [-0.2, 0) is 0 Å². The maximum absolute atomic E-state index is 13.6. The molecule has 138 valence electrons. The van der Waals surface area contributed by atoms with Gasteiger partial charge in [-0.2, -0.15) is 0 Å². The van der Waals surface area contributed by atoms with Crippen LogP contribution in [0.2, 0.25) is 0 Å². The van der Waals surface area contributed by atoms with E-state index in [-0.39, 0.29) is 23.3 Å². The van der Waals surface area contributed by atoms with Crippen LogP contribution in [0, 0.1) is 5.82 Å². The summed E-state index contributed by atoms with van der Waals surface area (Å²) in [6, 6.07) is 9.78. The second-order valence-electron chi connectivity index (χ2n) is 6.78. The van der Waals surface area contributed by atoms with Gasteiger partial charge in [0.15, 0.2) is 0 Å². The Kier molecular flexibility index (Phi) is 4.45. The van der Waals surface area contributed by atoms with Gasteiger partial charge in [-0.15, -0.1) is 0 Å².